The summed E-state index contributed by atoms with van der Waals surface area (Å²) in [4.78, 5) is 43.2. The van der Waals surface area contributed by atoms with Crippen LogP contribution in [0.3, 0.4) is 0 Å². The van der Waals surface area contributed by atoms with Crippen molar-refractivity contribution in [2.45, 2.75) is 12.5 Å². The first-order valence-corrected chi connectivity index (χ1v) is 9.25. The molecule has 0 aliphatic heterocycles. The number of nitrogen functional groups attached to an aromatic ring is 1. The third kappa shape index (κ3) is 4.15. The Morgan fingerprint density at radius 1 is 0.969 bits per heavy atom. The summed E-state index contributed by atoms with van der Waals surface area (Å²) in [6.07, 6.45) is -3.75. The van der Waals surface area contributed by atoms with E-state index in [1.165, 1.54) is 24.3 Å². The molecule has 4 aromatic rings. The molecule has 2 heterocycles. The molecule has 32 heavy (non-hydrogen) atoms. The molecule has 2 aromatic carbocycles. The molecular weight excluding hydrogens is 420 g/mol. The highest BCUT2D eigenvalue weighted by Crippen LogP contribution is 2.20. The average molecular weight is 436 g/mol. The van der Waals surface area contributed by atoms with Crippen molar-refractivity contribution in [1.82, 2.24) is 25.0 Å². The van der Waals surface area contributed by atoms with E-state index in [-0.39, 0.29) is 28.2 Å². The lowest BCUT2D eigenvalue weighted by Gasteiger charge is -2.23. The molecule has 0 radical (unpaired) electrons. The molecule has 1 atom stereocenters. The summed E-state index contributed by atoms with van der Waals surface area (Å²) in [5.74, 6) is -1.99. The highest BCUT2D eigenvalue weighted by Gasteiger charge is 2.32. The van der Waals surface area contributed by atoms with Crippen molar-refractivity contribution >= 4 is 29.1 Å². The smallest absolute Gasteiger partial charge is 0.341 e. The van der Waals surface area contributed by atoms with Gasteiger partial charge in [-0.1, -0.05) is 41.6 Å². The molecule has 0 unspecified atom stereocenters. The molecule has 12 nitrogen and oxygen atoms in total. The lowest BCUT2D eigenvalue weighted by atomic mass is 10.2. The molecule has 0 aliphatic rings. The summed E-state index contributed by atoms with van der Waals surface area (Å²) in [6, 6.07) is 15.8. The Balaban J connectivity index is 1.68. The lowest BCUT2D eigenvalue weighted by molar-refractivity contribution is -0.163. The number of benzene rings is 2. The summed E-state index contributed by atoms with van der Waals surface area (Å²) in [5.41, 5.74) is 4.76. The fourth-order valence-electron chi connectivity index (χ4n) is 2.79. The number of esters is 2. The number of aliphatic hydroxyl groups is 1. The summed E-state index contributed by atoms with van der Waals surface area (Å²) in [6.45, 7) is 0. The summed E-state index contributed by atoms with van der Waals surface area (Å²) in [7, 11) is 0. The van der Waals surface area contributed by atoms with Gasteiger partial charge in [0.25, 0.3) is 11.8 Å². The van der Waals surface area contributed by atoms with Crippen LogP contribution in [0, 0.1) is 0 Å². The Labute approximate surface area is 179 Å². The maximum absolute atomic E-state index is 12.6. The molecule has 4 N–H and O–H groups in total. The van der Waals surface area contributed by atoms with Gasteiger partial charge >= 0.3 is 11.9 Å². The van der Waals surface area contributed by atoms with Gasteiger partial charge in [0.15, 0.2) is 11.2 Å². The normalized spacial score (nSPS) is 11.9. The van der Waals surface area contributed by atoms with Crippen molar-refractivity contribution in [3.63, 3.8) is 0 Å². The standard InChI is InChI=1S/C20H16N6O6/c21-20-22-14-13(15(27)23-20)24-25-26(14)16(28)19(31-17(29)11-7-3-1-4-8-11)32-18(30)12-9-5-2-6-10-12/h1-10,16,19,28H,(H3,21,22,23,27)/t16-/m0/s1. The van der Waals surface area contributed by atoms with E-state index >= 15 is 0 Å². The van der Waals surface area contributed by atoms with E-state index in [9.17, 15) is 19.5 Å². The molecule has 12 heteroatoms. The number of carbonyl (C=O) groups excluding carboxylic acids is 2. The van der Waals surface area contributed by atoms with Crippen LogP contribution in [-0.4, -0.2) is 48.3 Å². The summed E-state index contributed by atoms with van der Waals surface area (Å²) >= 11 is 0. The molecule has 4 rings (SSSR count). The number of hydrogen-bond donors (Lipinski definition) is 3. The topological polar surface area (TPSA) is 175 Å². The molecular formula is C20H16N6O6. The molecule has 0 saturated heterocycles. The van der Waals surface area contributed by atoms with E-state index in [1.54, 1.807) is 36.4 Å². The van der Waals surface area contributed by atoms with Crippen LogP contribution >= 0.6 is 0 Å². The first kappa shape index (κ1) is 20.7. The highest BCUT2D eigenvalue weighted by molar-refractivity contribution is 5.91. The van der Waals surface area contributed by atoms with Gasteiger partial charge in [-0.3, -0.25) is 9.78 Å². The van der Waals surface area contributed by atoms with Crippen LogP contribution < -0.4 is 11.3 Å². The second-order valence-corrected chi connectivity index (χ2v) is 6.48. The number of fused-ring (bicyclic) bond motifs is 1. The zero-order valence-corrected chi connectivity index (χ0v) is 16.3. The zero-order valence-electron chi connectivity index (χ0n) is 16.3. The number of anilines is 1. The molecule has 162 valence electrons. The van der Waals surface area contributed by atoms with Gasteiger partial charge in [-0.05, 0) is 24.3 Å². The van der Waals surface area contributed by atoms with Crippen molar-refractivity contribution in [3.8, 4) is 0 Å². The molecule has 0 fully saturated rings. The Morgan fingerprint density at radius 2 is 1.50 bits per heavy atom. The lowest BCUT2D eigenvalue weighted by Crippen LogP contribution is -2.34. The molecule has 0 aliphatic carbocycles. The van der Waals surface area contributed by atoms with Crippen LogP contribution in [0.1, 0.15) is 26.9 Å². The van der Waals surface area contributed by atoms with Gasteiger partial charge in [-0.25, -0.2) is 9.59 Å². The van der Waals surface area contributed by atoms with E-state index in [2.05, 4.69) is 20.3 Å². The van der Waals surface area contributed by atoms with Crippen molar-refractivity contribution < 1.29 is 24.2 Å². The number of aromatic nitrogens is 5. The quantitative estimate of drug-likeness (QED) is 0.287. The summed E-state index contributed by atoms with van der Waals surface area (Å²) in [5, 5.41) is 18.2. The number of nitrogens with one attached hydrogen (secondary N) is 1. The summed E-state index contributed by atoms with van der Waals surface area (Å²) < 4.78 is 11.3. The van der Waals surface area contributed by atoms with Gasteiger partial charge in [0.1, 0.15) is 0 Å². The van der Waals surface area contributed by atoms with Gasteiger partial charge < -0.3 is 20.3 Å². The van der Waals surface area contributed by atoms with E-state index < -0.39 is 30.0 Å². The average Bonchev–Trinajstić information content (AvgIpc) is 3.23. The van der Waals surface area contributed by atoms with E-state index in [1.807, 2.05) is 0 Å². The van der Waals surface area contributed by atoms with Crippen LogP contribution in [0.25, 0.3) is 11.2 Å². The van der Waals surface area contributed by atoms with Crippen LogP contribution in [-0.2, 0) is 9.47 Å². The monoisotopic (exact) mass is 436 g/mol. The Bertz CT molecular complexity index is 1270. The first-order chi connectivity index (χ1) is 15.4. The second kappa shape index (κ2) is 8.65. The molecule has 0 amide bonds. The second-order valence-electron chi connectivity index (χ2n) is 6.48. The number of rotatable bonds is 6. The molecule has 2 aromatic heterocycles. The van der Waals surface area contributed by atoms with E-state index in [4.69, 9.17) is 15.2 Å². The van der Waals surface area contributed by atoms with E-state index in [0.717, 1.165) is 4.68 Å². The maximum Gasteiger partial charge on any atom is 0.341 e. The van der Waals surface area contributed by atoms with Crippen LogP contribution in [0.4, 0.5) is 5.95 Å². The fourth-order valence-corrected chi connectivity index (χ4v) is 2.79. The number of H-pyrrole nitrogens is 1. The number of aromatic amines is 1. The van der Waals surface area contributed by atoms with Gasteiger partial charge in [-0.2, -0.15) is 9.67 Å². The number of carbonyl (C=O) groups is 2. The maximum atomic E-state index is 12.6. The fraction of sp³-hybridized carbons (Fsp3) is 0.100. The Kier molecular flexibility index (Phi) is 5.59. The number of ether oxygens (including phenoxy) is 2. The van der Waals surface area contributed by atoms with Crippen molar-refractivity contribution in [3.05, 3.63) is 82.1 Å². The molecule has 0 saturated carbocycles. The highest BCUT2D eigenvalue weighted by atomic mass is 16.7. The van der Waals surface area contributed by atoms with Crippen LogP contribution in [0.15, 0.2) is 65.5 Å². The van der Waals surface area contributed by atoms with Crippen molar-refractivity contribution in [2.75, 3.05) is 5.73 Å². The molecule has 0 bridgehead atoms. The van der Waals surface area contributed by atoms with Crippen LogP contribution in [0.5, 0.6) is 0 Å². The largest absolute Gasteiger partial charge is 0.416 e. The number of aliphatic hydroxyl groups excluding tert-OH is 1. The van der Waals surface area contributed by atoms with Gasteiger partial charge in [0.05, 0.1) is 11.1 Å². The SMILES string of the molecule is Nc1nc2c(nnn2[C@@H](O)C(OC(=O)c2ccccc2)OC(=O)c2ccccc2)c(=O)[nH]1. The van der Waals surface area contributed by atoms with Crippen molar-refractivity contribution in [1.29, 1.82) is 0 Å². The number of nitrogens with two attached hydrogens (primary N) is 1. The minimum absolute atomic E-state index is 0.155. The Morgan fingerprint density at radius 3 is 2.03 bits per heavy atom. The predicted octanol–water partition coefficient (Wildman–Crippen LogP) is 0.628. The van der Waals surface area contributed by atoms with Crippen LogP contribution in [0.2, 0.25) is 0 Å². The Hall–Kier alpha value is -4.58. The van der Waals surface area contributed by atoms with E-state index in [0.29, 0.717) is 0 Å². The number of nitrogens with zero attached hydrogens (tertiary/aromatic N) is 4. The minimum Gasteiger partial charge on any atom is -0.416 e. The minimum atomic E-state index is -1.89. The number of hydrogen-bond acceptors (Lipinski definition) is 10. The first-order valence-electron chi connectivity index (χ1n) is 9.25. The third-order valence-electron chi connectivity index (χ3n) is 4.31. The van der Waals surface area contributed by atoms with Gasteiger partial charge in [0.2, 0.25) is 12.2 Å². The zero-order chi connectivity index (χ0) is 22.7. The molecule has 0 spiro atoms. The van der Waals surface area contributed by atoms with Crippen molar-refractivity contribution in [2.24, 2.45) is 0 Å². The van der Waals surface area contributed by atoms with Gasteiger partial charge in [0, 0.05) is 0 Å². The third-order valence-corrected chi connectivity index (χ3v) is 4.31. The predicted molar refractivity (Wildman–Crippen MR) is 109 cm³/mol. The van der Waals surface area contributed by atoms with Gasteiger partial charge in [-0.15, -0.1) is 5.10 Å².